The predicted molar refractivity (Wildman–Crippen MR) is 108 cm³/mol. The van der Waals surface area contributed by atoms with Crippen LogP contribution in [0.25, 0.3) is 0 Å². The molecule has 0 aromatic heterocycles. The molecule has 1 aliphatic heterocycles. The molecule has 2 heteroatoms. The first kappa shape index (κ1) is 21.4. The van der Waals surface area contributed by atoms with E-state index in [4.69, 9.17) is 0 Å². The summed E-state index contributed by atoms with van der Waals surface area (Å²) in [7, 11) is 0. The average Bonchev–Trinajstić information content (AvgIpc) is 2.96. The smallest absolute Gasteiger partial charge is 0.101 e. The van der Waals surface area contributed by atoms with Gasteiger partial charge in [0.1, 0.15) is 6.17 Å². The van der Waals surface area contributed by atoms with Crippen LogP contribution in [0.5, 0.6) is 0 Å². The molecule has 0 aromatic carbocycles. The van der Waals surface area contributed by atoms with Crippen molar-refractivity contribution in [3.8, 4) is 0 Å². The van der Waals surface area contributed by atoms with Gasteiger partial charge in [-0.3, -0.25) is 0 Å². The van der Waals surface area contributed by atoms with Crippen molar-refractivity contribution >= 4 is 0 Å². The van der Waals surface area contributed by atoms with Crippen LogP contribution in [0.1, 0.15) is 111 Å². The molecule has 0 saturated heterocycles. The summed E-state index contributed by atoms with van der Waals surface area (Å²) >= 11 is 0. The van der Waals surface area contributed by atoms with E-state index in [1.165, 1.54) is 90.0 Å². The third-order valence-corrected chi connectivity index (χ3v) is 5.30. The summed E-state index contributed by atoms with van der Waals surface area (Å²) in [6, 6.07) is 0.612. The van der Waals surface area contributed by atoms with E-state index < -0.39 is 0 Å². The number of hydrogen-bond acceptors (Lipinski definition) is 2. The highest BCUT2D eigenvalue weighted by Crippen LogP contribution is 2.24. The lowest BCUT2D eigenvalue weighted by Gasteiger charge is -2.35. The second-order valence-electron chi connectivity index (χ2n) is 7.88. The van der Waals surface area contributed by atoms with Crippen molar-refractivity contribution in [1.29, 1.82) is 0 Å². The van der Waals surface area contributed by atoms with E-state index in [1.807, 2.05) is 0 Å². The first-order chi connectivity index (χ1) is 11.7. The molecule has 0 spiro atoms. The molecule has 1 atom stereocenters. The molecule has 0 bridgehead atoms. The average molecular weight is 337 g/mol. The van der Waals surface area contributed by atoms with Crippen LogP contribution in [0, 0.1) is 0 Å². The summed E-state index contributed by atoms with van der Waals surface area (Å²) < 4.78 is 0. The normalized spacial score (nSPS) is 17.5. The van der Waals surface area contributed by atoms with Gasteiger partial charge < -0.3 is 9.80 Å². The maximum absolute atomic E-state index is 2.55. The summed E-state index contributed by atoms with van der Waals surface area (Å²) in [6.07, 6.45) is 23.6. The van der Waals surface area contributed by atoms with Crippen molar-refractivity contribution in [2.75, 3.05) is 6.54 Å². The van der Waals surface area contributed by atoms with Crippen LogP contribution in [0.2, 0.25) is 0 Å². The lowest BCUT2D eigenvalue weighted by Crippen LogP contribution is -2.42. The molecular formula is C22H44N2. The fraction of sp³-hybridized carbons (Fsp3) is 0.909. The van der Waals surface area contributed by atoms with Crippen molar-refractivity contribution in [3.05, 3.63) is 12.4 Å². The SMILES string of the molecule is CCCCCCCCCCCCCC1N(CCC)C=CN1C(C)C. The van der Waals surface area contributed by atoms with Crippen molar-refractivity contribution in [3.63, 3.8) is 0 Å². The molecule has 0 saturated carbocycles. The highest BCUT2D eigenvalue weighted by molar-refractivity contribution is 4.98. The molecule has 0 radical (unpaired) electrons. The fourth-order valence-electron chi connectivity index (χ4n) is 3.84. The number of unbranched alkanes of at least 4 members (excludes halogenated alkanes) is 10. The maximum Gasteiger partial charge on any atom is 0.101 e. The van der Waals surface area contributed by atoms with Crippen molar-refractivity contribution in [1.82, 2.24) is 9.80 Å². The van der Waals surface area contributed by atoms with Gasteiger partial charge in [-0.2, -0.15) is 0 Å². The molecule has 1 heterocycles. The summed E-state index contributed by atoms with van der Waals surface area (Å²) in [5.74, 6) is 0. The van der Waals surface area contributed by atoms with Crippen LogP contribution in [-0.4, -0.2) is 28.6 Å². The second kappa shape index (κ2) is 13.6. The van der Waals surface area contributed by atoms with E-state index in [1.54, 1.807) is 0 Å². The van der Waals surface area contributed by atoms with Crippen molar-refractivity contribution in [2.45, 2.75) is 123 Å². The lowest BCUT2D eigenvalue weighted by atomic mass is 10.0. The van der Waals surface area contributed by atoms with E-state index in [0.717, 1.165) is 0 Å². The van der Waals surface area contributed by atoms with Gasteiger partial charge in [0, 0.05) is 25.0 Å². The zero-order valence-electron chi connectivity index (χ0n) is 17.1. The van der Waals surface area contributed by atoms with Crippen LogP contribution in [0.4, 0.5) is 0 Å². The minimum atomic E-state index is 0.612. The zero-order valence-corrected chi connectivity index (χ0v) is 17.1. The van der Waals surface area contributed by atoms with Gasteiger partial charge in [0.05, 0.1) is 0 Å². The van der Waals surface area contributed by atoms with Gasteiger partial charge in [-0.05, 0) is 33.1 Å². The molecular weight excluding hydrogens is 292 g/mol. The first-order valence-corrected chi connectivity index (χ1v) is 10.9. The molecule has 1 rings (SSSR count). The van der Waals surface area contributed by atoms with Gasteiger partial charge in [0.2, 0.25) is 0 Å². The fourth-order valence-corrected chi connectivity index (χ4v) is 3.84. The molecule has 0 amide bonds. The van der Waals surface area contributed by atoms with Crippen LogP contribution in [0.3, 0.4) is 0 Å². The highest BCUT2D eigenvalue weighted by atomic mass is 15.4. The quantitative estimate of drug-likeness (QED) is 0.299. The van der Waals surface area contributed by atoms with Gasteiger partial charge in [-0.1, -0.05) is 78.1 Å². The zero-order chi connectivity index (χ0) is 17.6. The molecule has 24 heavy (non-hydrogen) atoms. The minimum absolute atomic E-state index is 0.612. The molecule has 0 N–H and O–H groups in total. The van der Waals surface area contributed by atoms with Gasteiger partial charge >= 0.3 is 0 Å². The number of nitrogens with zero attached hydrogens (tertiary/aromatic N) is 2. The summed E-state index contributed by atoms with van der Waals surface area (Å²) in [6.45, 7) is 10.4. The summed E-state index contributed by atoms with van der Waals surface area (Å²) in [4.78, 5) is 5.10. The third-order valence-electron chi connectivity index (χ3n) is 5.30. The molecule has 2 nitrogen and oxygen atoms in total. The van der Waals surface area contributed by atoms with Crippen molar-refractivity contribution < 1.29 is 0 Å². The molecule has 0 fully saturated rings. The Morgan fingerprint density at radius 2 is 1.25 bits per heavy atom. The van der Waals surface area contributed by atoms with E-state index in [9.17, 15) is 0 Å². The molecule has 1 aliphatic rings. The van der Waals surface area contributed by atoms with E-state index in [2.05, 4.69) is 49.9 Å². The van der Waals surface area contributed by atoms with Gasteiger partial charge in [-0.25, -0.2) is 0 Å². The number of rotatable bonds is 15. The van der Waals surface area contributed by atoms with Gasteiger partial charge in [0.25, 0.3) is 0 Å². The van der Waals surface area contributed by atoms with Crippen LogP contribution in [0.15, 0.2) is 12.4 Å². The van der Waals surface area contributed by atoms with Crippen LogP contribution in [-0.2, 0) is 0 Å². The number of hydrogen-bond donors (Lipinski definition) is 0. The largest absolute Gasteiger partial charge is 0.356 e. The Morgan fingerprint density at radius 1 is 0.708 bits per heavy atom. The molecule has 0 aliphatic carbocycles. The maximum atomic E-state index is 2.55. The Hall–Kier alpha value is -0.660. The van der Waals surface area contributed by atoms with Crippen LogP contribution >= 0.6 is 0 Å². The Labute approximate surface area is 152 Å². The van der Waals surface area contributed by atoms with Gasteiger partial charge in [-0.15, -0.1) is 0 Å². The Kier molecular flexibility index (Phi) is 12.1. The summed E-state index contributed by atoms with van der Waals surface area (Å²) in [5.41, 5.74) is 0. The third kappa shape index (κ3) is 8.44. The Bertz CT molecular complexity index is 311. The highest BCUT2D eigenvalue weighted by Gasteiger charge is 2.26. The predicted octanol–water partition coefficient (Wildman–Crippen LogP) is 6.92. The standard InChI is InChI=1S/C22H44N2/c1-5-7-8-9-10-11-12-13-14-15-16-17-22-23(18-6-2)19-20-24(22)21(3)4/h19-22H,5-18H2,1-4H3. The second-order valence-corrected chi connectivity index (χ2v) is 7.88. The van der Waals surface area contributed by atoms with E-state index in [0.29, 0.717) is 12.2 Å². The Morgan fingerprint density at radius 3 is 1.75 bits per heavy atom. The topological polar surface area (TPSA) is 6.48 Å². The van der Waals surface area contributed by atoms with E-state index in [-0.39, 0.29) is 0 Å². The monoisotopic (exact) mass is 336 g/mol. The lowest BCUT2D eigenvalue weighted by molar-refractivity contribution is 0.115. The van der Waals surface area contributed by atoms with E-state index >= 15 is 0 Å². The summed E-state index contributed by atoms with van der Waals surface area (Å²) in [5, 5.41) is 0. The molecule has 0 aromatic rings. The minimum Gasteiger partial charge on any atom is -0.356 e. The first-order valence-electron chi connectivity index (χ1n) is 10.9. The Balaban J connectivity index is 2.04. The van der Waals surface area contributed by atoms with Crippen LogP contribution < -0.4 is 0 Å². The molecule has 142 valence electrons. The van der Waals surface area contributed by atoms with Crippen molar-refractivity contribution in [2.24, 2.45) is 0 Å². The van der Waals surface area contributed by atoms with Gasteiger partial charge in [0.15, 0.2) is 0 Å². The molecule has 1 unspecified atom stereocenters.